The van der Waals surface area contributed by atoms with Gasteiger partial charge in [0.25, 0.3) is 0 Å². The van der Waals surface area contributed by atoms with E-state index >= 15 is 0 Å². The monoisotopic (exact) mass is 280 g/mol. The highest BCUT2D eigenvalue weighted by atomic mass is 127. The van der Waals surface area contributed by atoms with Crippen LogP contribution in [-0.2, 0) is 4.74 Å². The molecule has 0 aliphatic heterocycles. The average molecular weight is 280 g/mol. The molecule has 0 aliphatic rings. The van der Waals surface area contributed by atoms with Crippen molar-refractivity contribution in [1.29, 1.82) is 0 Å². The molecular weight excluding hydrogens is 271 g/mol. The third kappa shape index (κ3) is 2.90. The molecule has 0 aromatic carbocycles. The van der Waals surface area contributed by atoms with Crippen LogP contribution in [-0.4, -0.2) is 30.3 Å². The molecule has 1 heterocycles. The minimum atomic E-state index is 0.517. The van der Waals surface area contributed by atoms with E-state index in [2.05, 4.69) is 32.6 Å². The van der Waals surface area contributed by atoms with Crippen LogP contribution in [0.5, 0.6) is 5.88 Å². The van der Waals surface area contributed by atoms with Crippen molar-refractivity contribution in [3.8, 4) is 5.88 Å². The molecule has 0 unspecified atom stereocenters. The van der Waals surface area contributed by atoms with Crippen molar-refractivity contribution in [2.24, 2.45) is 0 Å². The van der Waals surface area contributed by atoms with Gasteiger partial charge in [-0.15, -0.1) is 0 Å². The van der Waals surface area contributed by atoms with Gasteiger partial charge < -0.3 is 9.47 Å². The highest BCUT2D eigenvalue weighted by Gasteiger charge is 1.99. The highest BCUT2D eigenvalue weighted by Crippen LogP contribution is 2.14. The second-order valence-corrected chi connectivity index (χ2v) is 3.18. The molecule has 0 N–H and O–H groups in total. The molecule has 66 valence electrons. The summed E-state index contributed by atoms with van der Waals surface area (Å²) in [6, 6.07) is 0. The third-order valence-electron chi connectivity index (χ3n) is 1.16. The maximum atomic E-state index is 5.29. The van der Waals surface area contributed by atoms with Crippen molar-refractivity contribution in [2.45, 2.75) is 0 Å². The third-order valence-corrected chi connectivity index (χ3v) is 1.90. The summed E-state index contributed by atoms with van der Waals surface area (Å²) in [5.41, 5.74) is 0. The Hall–Kier alpha value is -0.430. The largest absolute Gasteiger partial charge is 0.474 e. The molecule has 1 rings (SSSR count). The predicted octanol–water partition coefficient (Wildman–Crippen LogP) is 1.11. The summed E-state index contributed by atoms with van der Waals surface area (Å²) < 4.78 is 11.0. The number of nitrogens with zero attached hydrogens (tertiary/aromatic N) is 2. The van der Waals surface area contributed by atoms with Crippen LogP contribution in [0.15, 0.2) is 12.5 Å². The number of hydrogen-bond donors (Lipinski definition) is 0. The minimum Gasteiger partial charge on any atom is -0.474 e. The molecule has 0 spiro atoms. The van der Waals surface area contributed by atoms with E-state index in [4.69, 9.17) is 9.47 Å². The summed E-state index contributed by atoms with van der Waals surface area (Å²) in [6.45, 7) is 1.09. The topological polar surface area (TPSA) is 44.2 Å². The van der Waals surface area contributed by atoms with Gasteiger partial charge in [-0.3, -0.25) is 0 Å². The molecule has 0 atom stereocenters. The fourth-order valence-corrected chi connectivity index (χ4v) is 1.09. The molecule has 1 aromatic heterocycles. The average Bonchev–Trinajstić information content (AvgIpc) is 2.09. The van der Waals surface area contributed by atoms with E-state index in [1.807, 2.05) is 0 Å². The Balaban J connectivity index is 2.46. The molecule has 1 aromatic rings. The molecule has 12 heavy (non-hydrogen) atoms. The number of halogens is 1. The molecule has 0 bridgehead atoms. The zero-order chi connectivity index (χ0) is 8.81. The van der Waals surface area contributed by atoms with Gasteiger partial charge in [-0.2, -0.15) is 0 Å². The van der Waals surface area contributed by atoms with Gasteiger partial charge in [-0.1, -0.05) is 0 Å². The lowest BCUT2D eigenvalue weighted by Gasteiger charge is -2.04. The molecule has 0 radical (unpaired) electrons. The quantitative estimate of drug-likeness (QED) is 0.612. The summed E-state index contributed by atoms with van der Waals surface area (Å²) in [5, 5.41) is 0. The smallest absolute Gasteiger partial charge is 0.230 e. The van der Waals surface area contributed by atoms with Crippen molar-refractivity contribution in [1.82, 2.24) is 9.97 Å². The van der Waals surface area contributed by atoms with Gasteiger partial charge >= 0.3 is 0 Å². The molecule has 4 nitrogen and oxygen atoms in total. The van der Waals surface area contributed by atoms with E-state index in [0.717, 1.165) is 3.57 Å². The molecule has 0 aliphatic carbocycles. The van der Waals surface area contributed by atoms with E-state index in [0.29, 0.717) is 19.1 Å². The van der Waals surface area contributed by atoms with Gasteiger partial charge in [-0.05, 0) is 22.6 Å². The van der Waals surface area contributed by atoms with Gasteiger partial charge in [0.15, 0.2) is 0 Å². The molecule has 0 saturated heterocycles. The fraction of sp³-hybridized carbons (Fsp3) is 0.429. The van der Waals surface area contributed by atoms with Crippen LogP contribution in [0.2, 0.25) is 0 Å². The van der Waals surface area contributed by atoms with Crippen molar-refractivity contribution < 1.29 is 9.47 Å². The van der Waals surface area contributed by atoms with Gasteiger partial charge in [0.05, 0.1) is 10.2 Å². The van der Waals surface area contributed by atoms with Crippen LogP contribution < -0.4 is 4.74 Å². The van der Waals surface area contributed by atoms with Gasteiger partial charge in [-0.25, -0.2) is 9.97 Å². The number of hydrogen-bond acceptors (Lipinski definition) is 4. The first kappa shape index (κ1) is 9.66. The van der Waals surface area contributed by atoms with E-state index in [1.165, 1.54) is 6.33 Å². The van der Waals surface area contributed by atoms with Crippen LogP contribution in [0.25, 0.3) is 0 Å². The highest BCUT2D eigenvalue weighted by molar-refractivity contribution is 14.1. The van der Waals surface area contributed by atoms with E-state index in [1.54, 1.807) is 13.3 Å². The number of methoxy groups -OCH3 is 1. The first-order chi connectivity index (χ1) is 5.84. The molecule has 0 amide bonds. The van der Waals surface area contributed by atoms with Crippen LogP contribution >= 0.6 is 22.6 Å². The summed E-state index contributed by atoms with van der Waals surface area (Å²) in [7, 11) is 1.63. The predicted molar refractivity (Wildman–Crippen MR) is 52.1 cm³/mol. The standard InChI is InChI=1S/C7H9IN2O2/c1-11-2-3-12-7-6(8)4-9-5-10-7/h4-5H,2-3H2,1H3. The summed E-state index contributed by atoms with van der Waals surface area (Å²) >= 11 is 2.12. The Bertz CT molecular complexity index is 245. The molecular formula is C7H9IN2O2. The van der Waals surface area contributed by atoms with Crippen molar-refractivity contribution in [3.63, 3.8) is 0 Å². The second kappa shape index (κ2) is 5.26. The zero-order valence-electron chi connectivity index (χ0n) is 6.66. The van der Waals surface area contributed by atoms with E-state index in [9.17, 15) is 0 Å². The number of ether oxygens (including phenoxy) is 2. The van der Waals surface area contributed by atoms with Crippen molar-refractivity contribution >= 4 is 22.6 Å². The second-order valence-electron chi connectivity index (χ2n) is 2.02. The number of aromatic nitrogens is 2. The number of rotatable bonds is 4. The summed E-state index contributed by atoms with van der Waals surface area (Å²) in [5.74, 6) is 0.614. The van der Waals surface area contributed by atoms with Gasteiger partial charge in [0, 0.05) is 13.3 Å². The first-order valence-corrected chi connectivity index (χ1v) is 4.49. The van der Waals surface area contributed by atoms with E-state index in [-0.39, 0.29) is 0 Å². The molecule has 0 saturated carbocycles. The lowest BCUT2D eigenvalue weighted by atomic mass is 10.6. The van der Waals surface area contributed by atoms with Gasteiger partial charge in [0.2, 0.25) is 5.88 Å². The Morgan fingerprint density at radius 3 is 3.00 bits per heavy atom. The SMILES string of the molecule is COCCOc1ncncc1I. The van der Waals surface area contributed by atoms with Crippen LogP contribution in [0.3, 0.4) is 0 Å². The minimum absolute atomic E-state index is 0.517. The van der Waals surface area contributed by atoms with Crippen molar-refractivity contribution in [3.05, 3.63) is 16.1 Å². The fourth-order valence-electron chi connectivity index (χ4n) is 0.629. The normalized spacial score (nSPS) is 9.83. The lowest BCUT2D eigenvalue weighted by Crippen LogP contribution is -2.06. The van der Waals surface area contributed by atoms with Crippen LogP contribution in [0, 0.1) is 3.57 Å². The lowest BCUT2D eigenvalue weighted by molar-refractivity contribution is 0.143. The van der Waals surface area contributed by atoms with Crippen molar-refractivity contribution in [2.75, 3.05) is 20.3 Å². The van der Waals surface area contributed by atoms with Crippen LogP contribution in [0.1, 0.15) is 0 Å². The molecule has 5 heteroatoms. The Labute approximate surface area is 84.5 Å². The van der Waals surface area contributed by atoms with E-state index < -0.39 is 0 Å². The Morgan fingerprint density at radius 1 is 1.50 bits per heavy atom. The zero-order valence-corrected chi connectivity index (χ0v) is 8.82. The maximum Gasteiger partial charge on any atom is 0.230 e. The Morgan fingerprint density at radius 2 is 2.33 bits per heavy atom. The first-order valence-electron chi connectivity index (χ1n) is 3.42. The van der Waals surface area contributed by atoms with Crippen LogP contribution in [0.4, 0.5) is 0 Å². The maximum absolute atomic E-state index is 5.29. The Kier molecular flexibility index (Phi) is 4.23. The summed E-state index contributed by atoms with van der Waals surface area (Å²) in [6.07, 6.45) is 3.17. The van der Waals surface area contributed by atoms with Gasteiger partial charge in [0.1, 0.15) is 12.9 Å². The molecule has 0 fully saturated rings. The summed E-state index contributed by atoms with van der Waals surface area (Å²) in [4.78, 5) is 7.80.